The standard InChI is InChI=1S/C27H26BrClFN7O2/c1-14-17(6-5-10-32-14)23-24-25(18-13-19(29)20(28)21(30)22(18)33-23)37(35-34-24)16-8-11-36(15(12-16)7-9-31)26(38)39-27(2,3)4/h5-6,10,13,15-16H,7-8,11-12H2,1-4H3/t15-,16+/m1/s1. The number of benzene rings is 1. The lowest BCUT2D eigenvalue weighted by molar-refractivity contribution is 0.00557. The van der Waals surface area contributed by atoms with E-state index in [0.717, 1.165) is 0 Å². The van der Waals surface area contributed by atoms with Crippen molar-refractivity contribution < 1.29 is 13.9 Å². The number of piperidine rings is 1. The minimum absolute atomic E-state index is 0.121. The summed E-state index contributed by atoms with van der Waals surface area (Å²) >= 11 is 9.62. The van der Waals surface area contributed by atoms with Crippen molar-refractivity contribution >= 4 is 55.6 Å². The minimum atomic E-state index is -0.655. The summed E-state index contributed by atoms with van der Waals surface area (Å²) in [5, 5.41) is 19.2. The minimum Gasteiger partial charge on any atom is -0.444 e. The number of hydrogen-bond donors (Lipinski definition) is 0. The van der Waals surface area contributed by atoms with Crippen LogP contribution in [0.4, 0.5) is 9.18 Å². The molecular weight excluding hydrogens is 589 g/mol. The quantitative estimate of drug-likeness (QED) is 0.235. The summed E-state index contributed by atoms with van der Waals surface area (Å²) in [6, 6.07) is 6.90. The molecule has 0 aliphatic carbocycles. The monoisotopic (exact) mass is 613 g/mol. The normalized spacial score (nSPS) is 17.9. The maximum Gasteiger partial charge on any atom is 0.410 e. The first-order valence-electron chi connectivity index (χ1n) is 12.5. The molecule has 1 amide bonds. The van der Waals surface area contributed by atoms with Gasteiger partial charge in [0.25, 0.3) is 0 Å². The number of nitriles is 1. The van der Waals surface area contributed by atoms with Crippen LogP contribution < -0.4 is 0 Å². The van der Waals surface area contributed by atoms with E-state index in [4.69, 9.17) is 16.3 Å². The number of carbonyl (C=O) groups is 1. The van der Waals surface area contributed by atoms with Crippen molar-refractivity contribution in [2.24, 2.45) is 0 Å². The molecule has 0 N–H and O–H groups in total. The van der Waals surface area contributed by atoms with Gasteiger partial charge in [0.1, 0.15) is 27.8 Å². The van der Waals surface area contributed by atoms with E-state index in [1.54, 1.807) is 27.9 Å². The third kappa shape index (κ3) is 5.03. The Bertz CT molecular complexity index is 1650. The molecule has 202 valence electrons. The smallest absolute Gasteiger partial charge is 0.410 e. The van der Waals surface area contributed by atoms with E-state index in [2.05, 4.69) is 42.3 Å². The van der Waals surface area contributed by atoms with Gasteiger partial charge < -0.3 is 9.64 Å². The van der Waals surface area contributed by atoms with Crippen LogP contribution >= 0.6 is 27.5 Å². The van der Waals surface area contributed by atoms with Gasteiger partial charge in [0, 0.05) is 29.4 Å². The fraction of sp³-hybridized carbons (Fsp3) is 0.407. The van der Waals surface area contributed by atoms with Crippen LogP contribution in [-0.2, 0) is 4.74 Å². The molecule has 5 rings (SSSR count). The Morgan fingerprint density at radius 2 is 2.13 bits per heavy atom. The maximum atomic E-state index is 15.5. The average Bonchev–Trinajstić information content (AvgIpc) is 3.32. The summed E-state index contributed by atoms with van der Waals surface area (Å²) < 4.78 is 23.0. The zero-order valence-corrected chi connectivity index (χ0v) is 24.2. The molecule has 39 heavy (non-hydrogen) atoms. The molecular formula is C27H26BrClFN7O2. The summed E-state index contributed by atoms with van der Waals surface area (Å²) in [6.45, 7) is 7.64. The van der Waals surface area contributed by atoms with Crippen molar-refractivity contribution in [3.8, 4) is 17.3 Å². The molecule has 12 heteroatoms. The Morgan fingerprint density at radius 3 is 2.82 bits per heavy atom. The van der Waals surface area contributed by atoms with Gasteiger partial charge in [0.2, 0.25) is 0 Å². The molecule has 0 bridgehead atoms. The number of aryl methyl sites for hydroxylation is 1. The second-order valence-corrected chi connectivity index (χ2v) is 11.8. The van der Waals surface area contributed by atoms with Crippen LogP contribution in [0.25, 0.3) is 33.2 Å². The molecule has 3 aromatic heterocycles. The predicted molar refractivity (Wildman–Crippen MR) is 149 cm³/mol. The Labute approximate surface area is 238 Å². The highest BCUT2D eigenvalue weighted by Crippen LogP contribution is 2.40. The van der Waals surface area contributed by atoms with E-state index in [9.17, 15) is 10.1 Å². The molecule has 1 aliphatic rings. The molecule has 4 heterocycles. The number of likely N-dealkylation sites (tertiary alicyclic amines) is 1. The number of pyridine rings is 2. The molecule has 1 aliphatic heterocycles. The van der Waals surface area contributed by atoms with Crippen LogP contribution in [-0.4, -0.2) is 54.1 Å². The fourth-order valence-electron chi connectivity index (χ4n) is 5.03. The van der Waals surface area contributed by atoms with E-state index >= 15 is 4.39 Å². The summed E-state index contributed by atoms with van der Waals surface area (Å²) in [4.78, 5) is 23.6. The number of halogens is 3. The number of amides is 1. The lowest BCUT2D eigenvalue weighted by Gasteiger charge is -2.39. The zero-order chi connectivity index (χ0) is 28.1. The lowest BCUT2D eigenvalue weighted by atomic mass is 9.95. The second-order valence-electron chi connectivity index (χ2n) is 10.6. The van der Waals surface area contributed by atoms with Gasteiger partial charge in [-0.1, -0.05) is 16.8 Å². The first-order chi connectivity index (χ1) is 18.5. The molecule has 2 atom stereocenters. The summed E-state index contributed by atoms with van der Waals surface area (Å²) in [5.41, 5.74) is 2.43. The number of rotatable bonds is 3. The van der Waals surface area contributed by atoms with Gasteiger partial charge in [0.15, 0.2) is 5.82 Å². The van der Waals surface area contributed by atoms with Gasteiger partial charge in [-0.3, -0.25) is 4.98 Å². The highest BCUT2D eigenvalue weighted by atomic mass is 79.9. The molecule has 1 fully saturated rings. The van der Waals surface area contributed by atoms with Crippen LogP contribution in [0.3, 0.4) is 0 Å². The molecule has 1 saturated heterocycles. The fourth-order valence-corrected chi connectivity index (χ4v) is 5.53. The SMILES string of the molecule is Cc1ncccc1-c1nc2c(F)c(Br)c(Cl)cc2c2c1nnn2[C@H]1CCN(C(=O)OC(C)(C)C)[C@H](CC#N)C1. The van der Waals surface area contributed by atoms with Crippen molar-refractivity contribution in [1.82, 2.24) is 29.9 Å². The Hall–Kier alpha value is -3.36. The van der Waals surface area contributed by atoms with E-state index in [1.165, 1.54) is 0 Å². The lowest BCUT2D eigenvalue weighted by Crippen LogP contribution is -2.48. The van der Waals surface area contributed by atoms with Crippen LogP contribution in [0.15, 0.2) is 28.9 Å². The Kier molecular flexibility index (Phi) is 7.20. The largest absolute Gasteiger partial charge is 0.444 e. The summed E-state index contributed by atoms with van der Waals surface area (Å²) in [5.74, 6) is -0.586. The van der Waals surface area contributed by atoms with Crippen molar-refractivity contribution in [3.63, 3.8) is 0 Å². The van der Waals surface area contributed by atoms with Crippen LogP contribution in [0.5, 0.6) is 0 Å². The number of fused-ring (bicyclic) bond motifs is 3. The molecule has 4 aromatic rings. The third-order valence-electron chi connectivity index (χ3n) is 6.78. The van der Waals surface area contributed by atoms with Crippen molar-refractivity contribution in [2.45, 2.75) is 64.6 Å². The summed E-state index contributed by atoms with van der Waals surface area (Å²) in [7, 11) is 0. The molecule has 0 radical (unpaired) electrons. The first kappa shape index (κ1) is 27.2. The van der Waals surface area contributed by atoms with E-state index in [-0.39, 0.29) is 33.5 Å². The molecule has 0 saturated carbocycles. The number of nitrogens with zero attached hydrogens (tertiary/aromatic N) is 7. The Balaban J connectivity index is 1.66. The van der Waals surface area contributed by atoms with Gasteiger partial charge >= 0.3 is 6.09 Å². The maximum absolute atomic E-state index is 15.5. The number of aromatic nitrogens is 5. The van der Waals surface area contributed by atoms with E-state index < -0.39 is 17.5 Å². The van der Waals surface area contributed by atoms with Crippen LogP contribution in [0.2, 0.25) is 5.02 Å². The predicted octanol–water partition coefficient (Wildman–Crippen LogP) is 6.76. The second kappa shape index (κ2) is 10.3. The topological polar surface area (TPSA) is 110 Å². The highest BCUT2D eigenvalue weighted by molar-refractivity contribution is 9.10. The number of carbonyl (C=O) groups excluding carboxylic acids is 1. The van der Waals surface area contributed by atoms with Gasteiger partial charge in [-0.05, 0) is 74.7 Å². The Morgan fingerprint density at radius 1 is 1.36 bits per heavy atom. The van der Waals surface area contributed by atoms with Crippen LogP contribution in [0, 0.1) is 24.1 Å². The number of hydrogen-bond acceptors (Lipinski definition) is 7. The van der Waals surface area contributed by atoms with Gasteiger partial charge in [-0.2, -0.15) is 5.26 Å². The van der Waals surface area contributed by atoms with Gasteiger partial charge in [-0.15, -0.1) is 5.10 Å². The van der Waals surface area contributed by atoms with E-state index in [1.807, 2.05) is 33.8 Å². The first-order valence-corrected chi connectivity index (χ1v) is 13.7. The van der Waals surface area contributed by atoms with Crippen molar-refractivity contribution in [3.05, 3.63) is 45.4 Å². The molecule has 1 aromatic carbocycles. The highest BCUT2D eigenvalue weighted by Gasteiger charge is 2.36. The summed E-state index contributed by atoms with van der Waals surface area (Å²) in [6.07, 6.45) is 2.35. The molecule has 0 spiro atoms. The van der Waals surface area contributed by atoms with Crippen molar-refractivity contribution in [1.29, 1.82) is 5.26 Å². The third-order valence-corrected chi connectivity index (χ3v) is 8.09. The van der Waals surface area contributed by atoms with E-state index in [0.29, 0.717) is 52.8 Å². The van der Waals surface area contributed by atoms with Crippen LogP contribution in [0.1, 0.15) is 51.8 Å². The van der Waals surface area contributed by atoms with Gasteiger partial charge in [0.05, 0.1) is 34.1 Å². The molecule has 9 nitrogen and oxygen atoms in total. The van der Waals surface area contributed by atoms with Crippen molar-refractivity contribution in [2.75, 3.05) is 6.54 Å². The average molecular weight is 615 g/mol. The zero-order valence-electron chi connectivity index (χ0n) is 21.9. The molecule has 0 unspecified atom stereocenters. The van der Waals surface area contributed by atoms with Gasteiger partial charge in [-0.25, -0.2) is 18.9 Å². The number of ether oxygens (including phenoxy) is 1.